The Kier molecular flexibility index (Phi) is 15.8. The third-order valence-electron chi connectivity index (χ3n) is 15.0. The number of nitrogens with zero attached hydrogens (tertiary/aromatic N) is 3. The molecular weight excluding hydrogens is 1000 g/mol. The minimum Gasteiger partial charge on any atom is -0.376 e. The molecule has 0 spiro atoms. The molecular formula is C57H62F2N5O11P. The standard InChI is InChI=1S/C57H62F2N5O11P/c1-56(2,3)50(61-51(66)39-28-37-21-22-40(30-38(37)29-39)57(58,59)76(71,72)73)55(70)63-32-41(31-47(63)54(69)62-25-27-75-48(34-62)43-19-12-16-35-15-9-10-18-42(35)43)74-26-11-7-5-4-6-8-14-36-17-13-20-44-45(36)33-64(53(44)68)46-23-24-49(65)60-52(46)67/h9-10,12-13,15-22,29-30,41,46-48,50H,4-7,11,23-28,31-34H2,1-3H3,(H,61,66)(H,60,65,67)(H2,71,72,73)/t41-,46?,47-,48?,50?/m0/s1. The van der Waals surface area contributed by atoms with Gasteiger partial charge in [0.2, 0.25) is 29.5 Å². The smallest absolute Gasteiger partial charge is 0.376 e. The fourth-order valence-electron chi connectivity index (χ4n) is 10.8. The number of nitrogens with one attached hydrogen (secondary N) is 2. The highest BCUT2D eigenvalue weighted by Gasteiger charge is 2.51. The number of carbonyl (C=O) groups excluding carboxylic acids is 6. The second-order valence-corrected chi connectivity index (χ2v) is 22.9. The van der Waals surface area contributed by atoms with Gasteiger partial charge in [0.05, 0.1) is 19.3 Å². The lowest BCUT2D eigenvalue weighted by Gasteiger charge is -2.38. The van der Waals surface area contributed by atoms with E-state index in [1.807, 2.05) is 48.5 Å². The number of morpholine rings is 1. The van der Waals surface area contributed by atoms with Gasteiger partial charge in [-0.05, 0) is 82.0 Å². The van der Waals surface area contributed by atoms with Crippen molar-refractivity contribution in [1.29, 1.82) is 0 Å². The number of piperidine rings is 1. The number of halogens is 2. The maximum Gasteiger partial charge on any atom is 0.399 e. The van der Waals surface area contributed by atoms with Crippen LogP contribution in [0.15, 0.2) is 84.4 Å². The van der Waals surface area contributed by atoms with E-state index in [9.17, 15) is 51.9 Å². The minimum absolute atomic E-state index is 0.0319. The highest BCUT2D eigenvalue weighted by Crippen LogP contribution is 2.59. The van der Waals surface area contributed by atoms with Crippen molar-refractivity contribution in [2.45, 2.75) is 121 Å². The van der Waals surface area contributed by atoms with Crippen LogP contribution in [0.1, 0.15) is 122 Å². The topological polar surface area (TPSA) is 212 Å². The molecule has 4 heterocycles. The van der Waals surface area contributed by atoms with E-state index in [0.717, 1.165) is 58.9 Å². The molecule has 0 bridgehead atoms. The van der Waals surface area contributed by atoms with Gasteiger partial charge in [-0.2, -0.15) is 8.78 Å². The van der Waals surface area contributed by atoms with Crippen molar-refractivity contribution in [1.82, 2.24) is 25.3 Å². The van der Waals surface area contributed by atoms with Crippen LogP contribution < -0.4 is 10.6 Å². The van der Waals surface area contributed by atoms with Crippen LogP contribution in [0, 0.1) is 17.3 Å². The molecule has 19 heteroatoms. The first-order valence-corrected chi connectivity index (χ1v) is 27.4. The fraction of sp³-hybridized carbons (Fsp3) is 0.439. The van der Waals surface area contributed by atoms with E-state index in [1.54, 1.807) is 37.8 Å². The lowest BCUT2D eigenvalue weighted by molar-refractivity contribution is -0.151. The van der Waals surface area contributed by atoms with E-state index in [0.29, 0.717) is 37.1 Å². The molecule has 76 heavy (non-hydrogen) atoms. The summed E-state index contributed by atoms with van der Waals surface area (Å²) in [6, 6.07) is 19.7. The molecule has 3 unspecified atom stereocenters. The first-order chi connectivity index (χ1) is 36.2. The largest absolute Gasteiger partial charge is 0.399 e. The number of alkyl halides is 2. The zero-order chi connectivity index (χ0) is 54.1. The van der Waals surface area contributed by atoms with Crippen molar-refractivity contribution < 1.29 is 61.4 Å². The number of ether oxygens (including phenoxy) is 2. The third-order valence-corrected chi connectivity index (χ3v) is 16.0. The Morgan fingerprint density at radius 1 is 0.961 bits per heavy atom. The Hall–Kier alpha value is -6.61. The molecule has 3 saturated heterocycles. The number of carbonyl (C=O) groups is 6. The summed E-state index contributed by atoms with van der Waals surface area (Å²) in [4.78, 5) is 105. The quantitative estimate of drug-likeness (QED) is 0.0417. The molecule has 400 valence electrons. The molecule has 4 aromatic rings. The number of fused-ring (bicyclic) bond motifs is 3. The van der Waals surface area contributed by atoms with E-state index in [-0.39, 0.29) is 80.8 Å². The minimum atomic E-state index is -5.84. The Balaban J connectivity index is 0.840. The van der Waals surface area contributed by atoms with Gasteiger partial charge in [0, 0.05) is 74.2 Å². The van der Waals surface area contributed by atoms with Crippen LogP contribution in [-0.4, -0.2) is 117 Å². The van der Waals surface area contributed by atoms with Crippen molar-refractivity contribution in [3.63, 3.8) is 0 Å². The van der Waals surface area contributed by atoms with E-state index in [4.69, 9.17) is 9.47 Å². The van der Waals surface area contributed by atoms with Crippen LogP contribution in [0.5, 0.6) is 0 Å². The summed E-state index contributed by atoms with van der Waals surface area (Å²) in [5.74, 6) is 4.04. The van der Waals surface area contributed by atoms with Gasteiger partial charge in [-0.1, -0.05) is 106 Å². The Morgan fingerprint density at radius 3 is 2.50 bits per heavy atom. The molecule has 4 N–H and O–H groups in total. The lowest BCUT2D eigenvalue weighted by atomic mass is 9.85. The highest BCUT2D eigenvalue weighted by atomic mass is 31.2. The second-order valence-electron chi connectivity index (χ2n) is 21.3. The maximum absolute atomic E-state index is 15.0. The van der Waals surface area contributed by atoms with Crippen molar-refractivity contribution in [2.24, 2.45) is 5.41 Å². The van der Waals surface area contributed by atoms with Crippen LogP contribution in [0.25, 0.3) is 16.8 Å². The van der Waals surface area contributed by atoms with Crippen LogP contribution in [0.2, 0.25) is 0 Å². The van der Waals surface area contributed by atoms with Gasteiger partial charge in [-0.15, -0.1) is 0 Å². The molecule has 5 aliphatic rings. The molecule has 1 aliphatic carbocycles. The van der Waals surface area contributed by atoms with Crippen LogP contribution in [0.3, 0.4) is 0 Å². The molecule has 6 amide bonds. The molecule has 3 fully saturated rings. The lowest BCUT2D eigenvalue weighted by Crippen LogP contribution is -2.58. The van der Waals surface area contributed by atoms with Crippen molar-refractivity contribution >= 4 is 59.9 Å². The maximum atomic E-state index is 15.0. The molecule has 4 aromatic carbocycles. The number of imide groups is 1. The summed E-state index contributed by atoms with van der Waals surface area (Å²) < 4.78 is 53.6. The number of benzene rings is 4. The van der Waals surface area contributed by atoms with Gasteiger partial charge >= 0.3 is 13.3 Å². The molecule has 16 nitrogen and oxygen atoms in total. The fourth-order valence-corrected chi connectivity index (χ4v) is 11.3. The number of amides is 6. The van der Waals surface area contributed by atoms with E-state index >= 15 is 0 Å². The van der Waals surface area contributed by atoms with Gasteiger partial charge in [0.1, 0.15) is 24.2 Å². The van der Waals surface area contributed by atoms with E-state index < -0.39 is 72.3 Å². The van der Waals surface area contributed by atoms with Crippen molar-refractivity contribution in [3.05, 3.63) is 123 Å². The van der Waals surface area contributed by atoms with E-state index in [1.165, 1.54) is 21.9 Å². The second kappa shape index (κ2) is 22.2. The van der Waals surface area contributed by atoms with Crippen LogP contribution in [0.4, 0.5) is 8.78 Å². The molecule has 4 aliphatic heterocycles. The molecule has 0 saturated carbocycles. The number of likely N-dealkylation sites (tertiary alicyclic amines) is 1. The summed E-state index contributed by atoms with van der Waals surface area (Å²) in [6.45, 7) is 6.95. The summed E-state index contributed by atoms with van der Waals surface area (Å²) in [5.41, 5.74) is -2.35. The summed E-state index contributed by atoms with van der Waals surface area (Å²) in [6.07, 6.45) is 5.05. The predicted octanol–water partition coefficient (Wildman–Crippen LogP) is 6.89. The van der Waals surface area contributed by atoms with Gasteiger partial charge in [-0.3, -0.25) is 38.6 Å². The first kappa shape index (κ1) is 54.2. The Labute approximate surface area is 439 Å². The van der Waals surface area contributed by atoms with Crippen LogP contribution >= 0.6 is 7.60 Å². The first-order valence-electron chi connectivity index (χ1n) is 25.8. The highest BCUT2D eigenvalue weighted by molar-refractivity contribution is 7.52. The van der Waals surface area contributed by atoms with Gasteiger partial charge in [0.15, 0.2) is 0 Å². The predicted molar refractivity (Wildman–Crippen MR) is 277 cm³/mol. The number of hydrogen-bond donors (Lipinski definition) is 4. The number of hydrogen-bond acceptors (Lipinski definition) is 9. The molecule has 0 aromatic heterocycles. The molecule has 9 rings (SSSR count). The van der Waals surface area contributed by atoms with Crippen molar-refractivity contribution in [3.8, 4) is 11.8 Å². The normalized spacial score (nSPS) is 21.2. The van der Waals surface area contributed by atoms with Crippen LogP contribution in [-0.2, 0) is 56.6 Å². The van der Waals surface area contributed by atoms with E-state index in [2.05, 4.69) is 22.5 Å². The summed E-state index contributed by atoms with van der Waals surface area (Å²) in [7, 11) is -5.84. The Morgan fingerprint density at radius 2 is 1.72 bits per heavy atom. The zero-order valence-corrected chi connectivity index (χ0v) is 43.6. The number of unbranched alkanes of at least 4 members (excludes halogenated alkanes) is 4. The SMILES string of the molecule is CC(C)(C)C(NC(=O)C1=Cc2cc(C(F)(F)P(=O)(O)O)ccc2C1)C(=O)N1C[C@@H](OCCCCCCC#Cc2cccc3c2CN(C2CCC(=O)NC2=O)C3=O)C[C@H]1C(=O)N1CCOC(c2cccc3ccccc23)C1. The molecule has 0 radical (unpaired) electrons. The van der Waals surface area contributed by atoms with Gasteiger partial charge < -0.3 is 39.3 Å². The zero-order valence-electron chi connectivity index (χ0n) is 42.7. The summed E-state index contributed by atoms with van der Waals surface area (Å²) in [5, 5.41) is 7.28. The summed E-state index contributed by atoms with van der Waals surface area (Å²) >= 11 is 0. The third kappa shape index (κ3) is 11.4. The monoisotopic (exact) mass is 1060 g/mol. The number of rotatable bonds is 15. The molecule has 5 atom stereocenters. The van der Waals surface area contributed by atoms with Crippen molar-refractivity contribution in [2.75, 3.05) is 32.8 Å². The Bertz CT molecular complexity index is 3120. The van der Waals surface area contributed by atoms with Gasteiger partial charge in [0.25, 0.3) is 5.91 Å². The average Bonchev–Trinajstić information content (AvgIpc) is 4.13. The average molecular weight is 1060 g/mol. The van der Waals surface area contributed by atoms with Gasteiger partial charge in [-0.25, -0.2) is 0 Å².